The van der Waals surface area contributed by atoms with Gasteiger partial charge in [-0.15, -0.1) is 0 Å². The van der Waals surface area contributed by atoms with Crippen LogP contribution in [0.5, 0.6) is 0 Å². The zero-order chi connectivity index (χ0) is 12.3. The molecule has 0 saturated carbocycles. The molecular formula is C14H19N3. The highest BCUT2D eigenvalue weighted by Gasteiger charge is 2.20. The molecule has 4 N–H and O–H groups in total. The van der Waals surface area contributed by atoms with E-state index in [4.69, 9.17) is 5.73 Å². The Labute approximate surface area is 102 Å². The van der Waals surface area contributed by atoms with Gasteiger partial charge < -0.3 is 16.0 Å². The number of aromatic nitrogens is 1. The fraction of sp³-hybridized carbons (Fsp3) is 0.286. The van der Waals surface area contributed by atoms with Crippen LogP contribution in [0.2, 0.25) is 0 Å². The highest BCUT2D eigenvalue weighted by atomic mass is 14.9. The largest absolute Gasteiger partial charge is 0.397 e. The molecule has 17 heavy (non-hydrogen) atoms. The van der Waals surface area contributed by atoms with Crippen LogP contribution < -0.4 is 11.1 Å². The molecule has 1 aromatic heterocycles. The molecule has 0 atom stereocenters. The van der Waals surface area contributed by atoms with Gasteiger partial charge >= 0.3 is 0 Å². The van der Waals surface area contributed by atoms with Crippen molar-refractivity contribution in [3.8, 4) is 0 Å². The molecule has 2 rings (SSSR count). The van der Waals surface area contributed by atoms with Crippen LogP contribution in [-0.2, 0) is 5.41 Å². The Morgan fingerprint density at radius 3 is 2.65 bits per heavy atom. The number of benzene rings is 1. The fourth-order valence-electron chi connectivity index (χ4n) is 1.82. The van der Waals surface area contributed by atoms with E-state index in [9.17, 15) is 0 Å². The van der Waals surface area contributed by atoms with Crippen LogP contribution in [-0.4, -0.2) is 11.5 Å². The molecule has 0 radical (unpaired) electrons. The van der Waals surface area contributed by atoms with E-state index in [-0.39, 0.29) is 5.41 Å². The number of nitrogens with two attached hydrogens (primary N) is 1. The summed E-state index contributed by atoms with van der Waals surface area (Å²) in [6, 6.07) is 9.95. The van der Waals surface area contributed by atoms with Gasteiger partial charge in [-0.3, -0.25) is 0 Å². The second-order valence-electron chi connectivity index (χ2n) is 4.92. The van der Waals surface area contributed by atoms with Crippen LogP contribution in [0.4, 0.5) is 11.4 Å². The van der Waals surface area contributed by atoms with Crippen LogP contribution in [0, 0.1) is 0 Å². The topological polar surface area (TPSA) is 53.8 Å². The predicted molar refractivity (Wildman–Crippen MR) is 73.2 cm³/mol. The molecule has 1 aromatic carbocycles. The Morgan fingerprint density at radius 2 is 2.00 bits per heavy atom. The van der Waals surface area contributed by atoms with Crippen LogP contribution in [0.3, 0.4) is 0 Å². The average molecular weight is 229 g/mol. The molecular weight excluding hydrogens is 210 g/mol. The summed E-state index contributed by atoms with van der Waals surface area (Å²) in [5, 5.41) is 3.40. The van der Waals surface area contributed by atoms with E-state index < -0.39 is 0 Å². The Kier molecular flexibility index (Phi) is 3.09. The SMILES string of the molecule is CC(C)(CNc1ccccc1N)c1cc[nH]c1. The minimum Gasteiger partial charge on any atom is -0.397 e. The highest BCUT2D eigenvalue weighted by Crippen LogP contribution is 2.25. The third-order valence-electron chi connectivity index (χ3n) is 3.06. The van der Waals surface area contributed by atoms with Crippen molar-refractivity contribution in [2.75, 3.05) is 17.6 Å². The van der Waals surface area contributed by atoms with E-state index in [0.29, 0.717) is 0 Å². The van der Waals surface area contributed by atoms with E-state index >= 15 is 0 Å². The van der Waals surface area contributed by atoms with Gasteiger partial charge in [-0.05, 0) is 23.8 Å². The highest BCUT2D eigenvalue weighted by molar-refractivity contribution is 5.65. The van der Waals surface area contributed by atoms with Crippen molar-refractivity contribution in [2.45, 2.75) is 19.3 Å². The van der Waals surface area contributed by atoms with Crippen molar-refractivity contribution in [1.82, 2.24) is 4.98 Å². The maximum absolute atomic E-state index is 5.90. The summed E-state index contributed by atoms with van der Waals surface area (Å²) in [7, 11) is 0. The number of para-hydroxylation sites is 2. The van der Waals surface area contributed by atoms with Crippen LogP contribution >= 0.6 is 0 Å². The summed E-state index contributed by atoms with van der Waals surface area (Å²) in [5.41, 5.74) is 9.05. The standard InChI is InChI=1S/C14H19N3/c1-14(2,11-7-8-16-9-11)10-17-13-6-4-3-5-12(13)15/h3-9,16-17H,10,15H2,1-2H3. The monoisotopic (exact) mass is 229 g/mol. The minimum atomic E-state index is 0.0717. The average Bonchev–Trinajstić information content (AvgIpc) is 2.82. The number of rotatable bonds is 4. The number of nitrogen functional groups attached to an aromatic ring is 1. The van der Waals surface area contributed by atoms with Gasteiger partial charge in [0.05, 0.1) is 11.4 Å². The number of nitrogens with one attached hydrogen (secondary N) is 2. The first-order valence-electron chi connectivity index (χ1n) is 5.81. The van der Waals surface area contributed by atoms with Crippen molar-refractivity contribution >= 4 is 11.4 Å². The molecule has 0 unspecified atom stereocenters. The maximum atomic E-state index is 5.90. The van der Waals surface area contributed by atoms with Crippen molar-refractivity contribution < 1.29 is 0 Å². The van der Waals surface area contributed by atoms with Gasteiger partial charge in [-0.1, -0.05) is 26.0 Å². The Balaban J connectivity index is 2.06. The fourth-order valence-corrected chi connectivity index (χ4v) is 1.82. The van der Waals surface area contributed by atoms with E-state index in [1.54, 1.807) is 0 Å². The molecule has 0 bridgehead atoms. The molecule has 3 heteroatoms. The number of H-pyrrole nitrogens is 1. The third-order valence-corrected chi connectivity index (χ3v) is 3.06. The number of hydrogen-bond donors (Lipinski definition) is 3. The van der Waals surface area contributed by atoms with Gasteiger partial charge in [0, 0.05) is 24.4 Å². The molecule has 0 aliphatic heterocycles. The molecule has 0 saturated heterocycles. The molecule has 1 heterocycles. The normalized spacial score (nSPS) is 11.4. The molecule has 2 aromatic rings. The molecule has 0 fully saturated rings. The number of hydrogen-bond acceptors (Lipinski definition) is 2. The van der Waals surface area contributed by atoms with Gasteiger partial charge in [0.1, 0.15) is 0 Å². The molecule has 0 aliphatic carbocycles. The zero-order valence-electron chi connectivity index (χ0n) is 10.3. The smallest absolute Gasteiger partial charge is 0.0574 e. The number of anilines is 2. The quantitative estimate of drug-likeness (QED) is 0.706. The lowest BCUT2D eigenvalue weighted by Crippen LogP contribution is -2.27. The van der Waals surface area contributed by atoms with Crippen molar-refractivity contribution in [3.05, 3.63) is 48.3 Å². The molecule has 3 nitrogen and oxygen atoms in total. The third kappa shape index (κ3) is 2.61. The zero-order valence-corrected chi connectivity index (χ0v) is 10.3. The lowest BCUT2D eigenvalue weighted by Gasteiger charge is -2.25. The van der Waals surface area contributed by atoms with Gasteiger partial charge in [0.15, 0.2) is 0 Å². The van der Waals surface area contributed by atoms with Gasteiger partial charge in [0.25, 0.3) is 0 Å². The lowest BCUT2D eigenvalue weighted by molar-refractivity contribution is 0.558. The van der Waals surface area contributed by atoms with E-state index in [2.05, 4.69) is 30.2 Å². The summed E-state index contributed by atoms with van der Waals surface area (Å²) in [4.78, 5) is 3.09. The second-order valence-corrected chi connectivity index (χ2v) is 4.92. The minimum absolute atomic E-state index is 0.0717. The van der Waals surface area contributed by atoms with Crippen molar-refractivity contribution in [1.29, 1.82) is 0 Å². The molecule has 90 valence electrons. The summed E-state index contributed by atoms with van der Waals surface area (Å²) in [6.45, 7) is 5.27. The van der Waals surface area contributed by atoms with Crippen molar-refractivity contribution in [3.63, 3.8) is 0 Å². The van der Waals surface area contributed by atoms with Crippen LogP contribution in [0.1, 0.15) is 19.4 Å². The first kappa shape index (κ1) is 11.6. The van der Waals surface area contributed by atoms with Crippen LogP contribution in [0.15, 0.2) is 42.7 Å². The molecule has 0 aliphatic rings. The predicted octanol–water partition coefficient (Wildman–Crippen LogP) is 2.99. The van der Waals surface area contributed by atoms with Gasteiger partial charge in [0.2, 0.25) is 0 Å². The molecule has 0 spiro atoms. The van der Waals surface area contributed by atoms with Gasteiger partial charge in [-0.25, -0.2) is 0 Å². The van der Waals surface area contributed by atoms with Crippen LogP contribution in [0.25, 0.3) is 0 Å². The van der Waals surface area contributed by atoms with E-state index in [0.717, 1.165) is 17.9 Å². The summed E-state index contributed by atoms with van der Waals surface area (Å²) in [5.74, 6) is 0. The Hall–Kier alpha value is -1.90. The maximum Gasteiger partial charge on any atom is 0.0574 e. The second kappa shape index (κ2) is 4.53. The van der Waals surface area contributed by atoms with Gasteiger partial charge in [-0.2, -0.15) is 0 Å². The lowest BCUT2D eigenvalue weighted by atomic mass is 9.86. The summed E-state index contributed by atoms with van der Waals surface area (Å²) in [6.07, 6.45) is 3.99. The first-order valence-corrected chi connectivity index (χ1v) is 5.81. The Morgan fingerprint density at radius 1 is 1.24 bits per heavy atom. The number of aromatic amines is 1. The molecule has 0 amide bonds. The Bertz CT molecular complexity index is 472. The van der Waals surface area contributed by atoms with Crippen molar-refractivity contribution in [2.24, 2.45) is 0 Å². The van der Waals surface area contributed by atoms with E-state index in [1.807, 2.05) is 36.7 Å². The first-order chi connectivity index (χ1) is 8.09. The summed E-state index contributed by atoms with van der Waals surface area (Å²) < 4.78 is 0. The summed E-state index contributed by atoms with van der Waals surface area (Å²) >= 11 is 0. The van der Waals surface area contributed by atoms with E-state index in [1.165, 1.54) is 5.56 Å².